The van der Waals surface area contributed by atoms with Crippen LogP contribution in [0.5, 0.6) is 0 Å². The van der Waals surface area contributed by atoms with Crippen molar-refractivity contribution in [3.63, 3.8) is 0 Å². The molecule has 0 fully saturated rings. The van der Waals surface area contributed by atoms with E-state index < -0.39 is 35.2 Å². The third-order valence-electron chi connectivity index (χ3n) is 7.85. The van der Waals surface area contributed by atoms with Gasteiger partial charge in [-0.1, -0.05) is 36.1 Å². The van der Waals surface area contributed by atoms with Crippen LogP contribution in [0.25, 0.3) is 21.9 Å². The molecule has 2 heterocycles. The maximum Gasteiger partial charge on any atom is 0.408 e. The first-order valence-electron chi connectivity index (χ1n) is 18.4. The predicted octanol–water partition coefficient (Wildman–Crippen LogP) is 7.74. The average molecular weight is 793 g/mol. The first-order chi connectivity index (χ1) is 27.5. The van der Waals surface area contributed by atoms with Crippen LogP contribution in [0.15, 0.2) is 57.4 Å². The highest BCUT2D eigenvalue weighted by atomic mass is 16.6. The molecule has 4 rings (SSSR count). The summed E-state index contributed by atoms with van der Waals surface area (Å²) in [5.74, 6) is 10.5. The zero-order valence-electron chi connectivity index (χ0n) is 34.0. The highest BCUT2D eigenvalue weighted by Crippen LogP contribution is 2.32. The largest absolute Gasteiger partial charge is 0.469 e. The van der Waals surface area contributed by atoms with Gasteiger partial charge in [0.05, 0.1) is 51.3 Å². The number of methoxy groups -OCH3 is 2. The molecule has 0 aliphatic heterocycles. The molecular weight excluding hydrogens is 745 g/mol. The summed E-state index contributed by atoms with van der Waals surface area (Å²) in [5.41, 5.74) is 1.61. The monoisotopic (exact) mass is 792 g/mol. The number of nitrogens with zero attached hydrogens (tertiary/aromatic N) is 2. The van der Waals surface area contributed by atoms with Crippen molar-refractivity contribution in [1.29, 1.82) is 10.5 Å². The Bertz CT molecular complexity index is 2130. The summed E-state index contributed by atoms with van der Waals surface area (Å²) in [6.07, 6.45) is -0.0529. The van der Waals surface area contributed by atoms with Gasteiger partial charge in [-0.25, -0.2) is 9.59 Å². The number of hydrogen-bond donors (Lipinski definition) is 2. The summed E-state index contributed by atoms with van der Waals surface area (Å²) in [6, 6.07) is 18.8. The number of carbonyl (C=O) groups excluding carboxylic acids is 4. The number of furan rings is 2. The topological polar surface area (TPSA) is 203 Å². The predicted molar refractivity (Wildman–Crippen MR) is 214 cm³/mol. The van der Waals surface area contributed by atoms with E-state index in [1.807, 2.05) is 12.1 Å². The number of nitriles is 2. The minimum absolute atomic E-state index is 0.110. The summed E-state index contributed by atoms with van der Waals surface area (Å²) in [7, 11) is 2.65. The molecule has 2 aromatic carbocycles. The van der Waals surface area contributed by atoms with Crippen LogP contribution in [-0.2, 0) is 28.5 Å². The molecule has 0 radical (unpaired) electrons. The summed E-state index contributed by atoms with van der Waals surface area (Å²) in [4.78, 5) is 46.0. The van der Waals surface area contributed by atoms with Gasteiger partial charge in [-0.15, -0.1) is 0 Å². The Morgan fingerprint density at radius 1 is 0.655 bits per heavy atom. The standard InChI is InChI=1S/2C22H24N2O5/c2*1-22(2,3)29-21(26)24-12-6-7-16-13-18-17(8-5-9-19(18)28-16)15(14-23)10-11-20(25)27-4/h2*5,8-9,13,15H,10-12H2,1-4H3,(H,24,26). The van der Waals surface area contributed by atoms with Crippen molar-refractivity contribution >= 4 is 46.1 Å². The maximum atomic E-state index is 11.6. The second-order valence-electron chi connectivity index (χ2n) is 14.6. The van der Waals surface area contributed by atoms with E-state index in [2.05, 4.69) is 55.9 Å². The number of hydrogen-bond acceptors (Lipinski definition) is 12. The molecule has 2 N–H and O–H groups in total. The van der Waals surface area contributed by atoms with E-state index >= 15 is 0 Å². The quantitative estimate of drug-likeness (QED) is 0.0900. The van der Waals surface area contributed by atoms with Crippen LogP contribution in [0.4, 0.5) is 9.59 Å². The number of fused-ring (bicyclic) bond motifs is 2. The minimum Gasteiger partial charge on any atom is -0.469 e. The lowest BCUT2D eigenvalue weighted by Gasteiger charge is -2.19. The molecule has 0 bridgehead atoms. The lowest BCUT2D eigenvalue weighted by atomic mass is 9.93. The first-order valence-corrected chi connectivity index (χ1v) is 18.4. The molecule has 304 valence electrons. The third kappa shape index (κ3) is 15.0. The van der Waals surface area contributed by atoms with Crippen LogP contribution in [0, 0.1) is 46.3 Å². The Hall–Kier alpha value is -6.90. The number of nitrogens with one attached hydrogen (secondary N) is 2. The Balaban J connectivity index is 0.000000310. The van der Waals surface area contributed by atoms with Crippen molar-refractivity contribution < 1.29 is 47.0 Å². The van der Waals surface area contributed by atoms with Crippen LogP contribution in [0.1, 0.15) is 102 Å². The lowest BCUT2D eigenvalue weighted by Crippen LogP contribution is -2.32. The van der Waals surface area contributed by atoms with Crippen molar-refractivity contribution in [3.8, 4) is 35.8 Å². The van der Waals surface area contributed by atoms with E-state index in [1.54, 1.807) is 77.9 Å². The smallest absolute Gasteiger partial charge is 0.408 e. The van der Waals surface area contributed by atoms with Gasteiger partial charge >= 0.3 is 24.1 Å². The molecule has 14 nitrogen and oxygen atoms in total. The molecular formula is C44H48N4O10. The fraction of sp³-hybridized carbons (Fsp3) is 0.409. The van der Waals surface area contributed by atoms with Crippen LogP contribution < -0.4 is 10.6 Å². The molecule has 14 heteroatoms. The van der Waals surface area contributed by atoms with Crippen LogP contribution in [0.3, 0.4) is 0 Å². The molecule has 2 atom stereocenters. The fourth-order valence-corrected chi connectivity index (χ4v) is 5.33. The van der Waals surface area contributed by atoms with Gasteiger partial charge in [-0.3, -0.25) is 9.59 Å². The Morgan fingerprint density at radius 2 is 1.03 bits per heavy atom. The van der Waals surface area contributed by atoms with Gasteiger partial charge in [0.2, 0.25) is 0 Å². The molecule has 2 aromatic heterocycles. The minimum atomic E-state index is -0.572. The number of carbonyl (C=O) groups is 4. The number of ether oxygens (including phenoxy) is 4. The Kier molecular flexibility index (Phi) is 16.8. The zero-order valence-corrected chi connectivity index (χ0v) is 34.0. The normalized spacial score (nSPS) is 11.7. The third-order valence-corrected chi connectivity index (χ3v) is 7.85. The number of esters is 2. The molecule has 4 aromatic rings. The average Bonchev–Trinajstić information content (AvgIpc) is 3.78. The summed E-state index contributed by atoms with van der Waals surface area (Å²) in [5, 5.41) is 25.7. The van der Waals surface area contributed by atoms with Crippen molar-refractivity contribution in [2.75, 3.05) is 27.3 Å². The van der Waals surface area contributed by atoms with E-state index in [0.717, 1.165) is 21.9 Å². The van der Waals surface area contributed by atoms with Crippen molar-refractivity contribution in [2.24, 2.45) is 0 Å². The van der Waals surface area contributed by atoms with Gasteiger partial charge in [0.1, 0.15) is 22.4 Å². The fourth-order valence-electron chi connectivity index (χ4n) is 5.33. The number of amides is 2. The second kappa shape index (κ2) is 21.4. The number of benzene rings is 2. The van der Waals surface area contributed by atoms with Crippen LogP contribution in [-0.4, -0.2) is 62.6 Å². The Morgan fingerprint density at radius 3 is 1.36 bits per heavy atom. The zero-order chi connectivity index (χ0) is 42.9. The van der Waals surface area contributed by atoms with Crippen molar-refractivity contribution in [3.05, 3.63) is 71.2 Å². The molecule has 0 spiro atoms. The lowest BCUT2D eigenvalue weighted by molar-refractivity contribution is -0.141. The van der Waals surface area contributed by atoms with Crippen LogP contribution >= 0.6 is 0 Å². The second-order valence-corrected chi connectivity index (χ2v) is 14.6. The maximum absolute atomic E-state index is 11.6. The van der Waals surface area contributed by atoms with E-state index in [0.29, 0.717) is 35.5 Å². The molecule has 2 amide bonds. The molecule has 0 aliphatic rings. The highest BCUT2D eigenvalue weighted by Gasteiger charge is 2.20. The molecule has 2 unspecified atom stereocenters. The summed E-state index contributed by atoms with van der Waals surface area (Å²) in [6.45, 7) is 10.9. The molecule has 58 heavy (non-hydrogen) atoms. The number of rotatable bonds is 10. The first kappa shape index (κ1) is 45.5. The van der Waals surface area contributed by atoms with Crippen LogP contribution in [0.2, 0.25) is 0 Å². The van der Waals surface area contributed by atoms with Gasteiger partial charge in [0.15, 0.2) is 11.5 Å². The summed E-state index contributed by atoms with van der Waals surface area (Å²) < 4.78 is 31.0. The van der Waals surface area contributed by atoms with E-state index in [4.69, 9.17) is 18.3 Å². The SMILES string of the molecule is COC(=O)CCC(C#N)c1cccc2oc(C#CCNC(=O)OC(C)(C)C)cc12.COC(=O)CCC(C#N)c1cccc2oc(C#CCNC(=O)OC(C)(C)C)cc12. The van der Waals surface area contributed by atoms with Gasteiger partial charge in [0.25, 0.3) is 0 Å². The van der Waals surface area contributed by atoms with Crippen molar-refractivity contribution in [1.82, 2.24) is 10.6 Å². The van der Waals surface area contributed by atoms with E-state index in [9.17, 15) is 29.7 Å². The summed E-state index contributed by atoms with van der Waals surface area (Å²) >= 11 is 0. The van der Waals surface area contributed by atoms with E-state index in [1.165, 1.54) is 14.2 Å². The highest BCUT2D eigenvalue weighted by molar-refractivity contribution is 5.84. The molecule has 0 saturated carbocycles. The van der Waals surface area contributed by atoms with Crippen molar-refractivity contribution in [2.45, 2.75) is 90.3 Å². The van der Waals surface area contributed by atoms with Gasteiger partial charge in [-0.2, -0.15) is 10.5 Å². The van der Waals surface area contributed by atoms with Gasteiger partial charge < -0.3 is 38.4 Å². The van der Waals surface area contributed by atoms with Gasteiger partial charge in [-0.05, 0) is 89.5 Å². The van der Waals surface area contributed by atoms with E-state index in [-0.39, 0.29) is 37.9 Å². The van der Waals surface area contributed by atoms with Gasteiger partial charge in [0, 0.05) is 35.7 Å². The molecule has 0 aliphatic carbocycles. The molecule has 0 saturated heterocycles. The Labute approximate surface area is 338 Å². The number of alkyl carbamates (subject to hydrolysis) is 2.